The molecule has 1 aromatic carbocycles. The van der Waals surface area contributed by atoms with Crippen molar-refractivity contribution in [2.45, 2.75) is 50.9 Å². The second-order valence-electron chi connectivity index (χ2n) is 7.27. The first-order chi connectivity index (χ1) is 12.5. The number of nitrogens with zero attached hydrogens (tertiary/aromatic N) is 2. The second kappa shape index (κ2) is 7.91. The number of benzene rings is 1. The van der Waals surface area contributed by atoms with E-state index in [2.05, 4.69) is 31.7 Å². The summed E-state index contributed by atoms with van der Waals surface area (Å²) in [6.07, 6.45) is 2.97. The first kappa shape index (κ1) is 19.1. The van der Waals surface area contributed by atoms with Gasteiger partial charge >= 0.3 is 6.09 Å². The molecule has 2 aliphatic heterocycles. The SMILES string of the molecule is CCCCOC(=O)N1CCC2(CC1)C(=O)N(C(C)S)C2c1ccccc1. The number of carbonyl (C=O) groups excluding carboxylic acids is 2. The van der Waals surface area contributed by atoms with Crippen molar-refractivity contribution in [3.8, 4) is 0 Å². The summed E-state index contributed by atoms with van der Waals surface area (Å²) in [6, 6.07) is 10.2. The molecule has 0 bridgehead atoms. The Hall–Kier alpha value is -1.69. The zero-order valence-corrected chi connectivity index (χ0v) is 16.5. The molecule has 0 saturated carbocycles. The van der Waals surface area contributed by atoms with Crippen LogP contribution in [0.3, 0.4) is 0 Å². The highest BCUT2D eigenvalue weighted by molar-refractivity contribution is 7.80. The van der Waals surface area contributed by atoms with E-state index in [4.69, 9.17) is 4.74 Å². The van der Waals surface area contributed by atoms with Gasteiger partial charge in [-0.25, -0.2) is 4.79 Å². The van der Waals surface area contributed by atoms with Gasteiger partial charge in [-0.05, 0) is 31.7 Å². The number of rotatable bonds is 5. The highest BCUT2D eigenvalue weighted by atomic mass is 32.1. The lowest BCUT2D eigenvalue weighted by Gasteiger charge is -2.60. The molecule has 0 aliphatic carbocycles. The minimum Gasteiger partial charge on any atom is -0.449 e. The highest BCUT2D eigenvalue weighted by Gasteiger charge is 2.62. The van der Waals surface area contributed by atoms with Crippen LogP contribution < -0.4 is 0 Å². The fourth-order valence-corrected chi connectivity index (χ4v) is 4.40. The molecule has 2 amide bonds. The monoisotopic (exact) mass is 376 g/mol. The molecule has 2 atom stereocenters. The zero-order valence-electron chi connectivity index (χ0n) is 15.6. The van der Waals surface area contributed by atoms with Crippen molar-refractivity contribution in [3.05, 3.63) is 35.9 Å². The van der Waals surface area contributed by atoms with Crippen LogP contribution in [0.15, 0.2) is 30.3 Å². The average molecular weight is 377 g/mol. The Labute approximate surface area is 161 Å². The summed E-state index contributed by atoms with van der Waals surface area (Å²) in [5, 5.41) is -0.129. The number of hydrogen-bond donors (Lipinski definition) is 1. The van der Waals surface area contributed by atoms with Gasteiger partial charge in [-0.1, -0.05) is 43.7 Å². The van der Waals surface area contributed by atoms with Gasteiger partial charge in [0.1, 0.15) is 0 Å². The third kappa shape index (κ3) is 3.31. The molecule has 2 unspecified atom stereocenters. The Balaban J connectivity index is 1.71. The van der Waals surface area contributed by atoms with Crippen LogP contribution in [0.5, 0.6) is 0 Å². The van der Waals surface area contributed by atoms with Crippen molar-refractivity contribution in [3.63, 3.8) is 0 Å². The summed E-state index contributed by atoms with van der Waals surface area (Å²) in [5.74, 6) is 0.160. The van der Waals surface area contributed by atoms with E-state index in [9.17, 15) is 9.59 Å². The molecular formula is C20H28N2O3S. The molecule has 1 aromatic rings. The topological polar surface area (TPSA) is 49.9 Å². The average Bonchev–Trinajstić information content (AvgIpc) is 2.66. The van der Waals surface area contributed by atoms with Crippen LogP contribution in [0.1, 0.15) is 51.1 Å². The molecule has 26 heavy (non-hydrogen) atoms. The number of hydrogen-bond acceptors (Lipinski definition) is 4. The second-order valence-corrected chi connectivity index (χ2v) is 8.02. The highest BCUT2D eigenvalue weighted by Crippen LogP contribution is 2.57. The molecule has 0 radical (unpaired) electrons. The third-order valence-electron chi connectivity index (χ3n) is 5.62. The van der Waals surface area contributed by atoms with Gasteiger partial charge in [0.25, 0.3) is 0 Å². The van der Waals surface area contributed by atoms with Gasteiger partial charge in [0, 0.05) is 13.1 Å². The first-order valence-electron chi connectivity index (χ1n) is 9.48. The number of thiol groups is 1. The molecule has 2 heterocycles. The first-order valence-corrected chi connectivity index (χ1v) is 10.0. The smallest absolute Gasteiger partial charge is 0.409 e. The van der Waals surface area contributed by atoms with Crippen LogP contribution >= 0.6 is 12.6 Å². The number of unbranched alkanes of at least 4 members (excludes halogenated alkanes) is 1. The van der Waals surface area contributed by atoms with E-state index >= 15 is 0 Å². The van der Waals surface area contributed by atoms with Crippen LogP contribution in [0, 0.1) is 5.41 Å². The molecular weight excluding hydrogens is 348 g/mol. The normalized spacial score (nSPS) is 22.9. The summed E-state index contributed by atoms with van der Waals surface area (Å²) in [4.78, 5) is 28.8. The Morgan fingerprint density at radius 3 is 2.54 bits per heavy atom. The number of likely N-dealkylation sites (tertiary alicyclic amines) is 2. The number of ether oxygens (including phenoxy) is 1. The molecule has 2 saturated heterocycles. The fourth-order valence-electron chi connectivity index (χ4n) is 4.16. The van der Waals surface area contributed by atoms with Gasteiger partial charge in [-0.3, -0.25) is 4.79 Å². The zero-order chi connectivity index (χ0) is 18.7. The maximum absolute atomic E-state index is 13.0. The fraction of sp³-hybridized carbons (Fsp3) is 0.600. The number of carbonyl (C=O) groups is 2. The number of β-lactam (4-membered cyclic amide) rings is 1. The summed E-state index contributed by atoms with van der Waals surface area (Å²) in [7, 11) is 0. The van der Waals surface area contributed by atoms with Crippen LogP contribution in [0.4, 0.5) is 4.79 Å². The van der Waals surface area contributed by atoms with Crippen molar-refractivity contribution >= 4 is 24.6 Å². The third-order valence-corrected chi connectivity index (χ3v) is 5.87. The van der Waals surface area contributed by atoms with E-state index in [0.717, 1.165) is 18.4 Å². The standard InChI is InChI=1S/C20H28N2O3S/c1-3-4-14-25-19(24)21-12-10-20(11-13-21)17(16-8-6-5-7-9-16)22(15(2)26)18(20)23/h5-9,15,17,26H,3-4,10-14H2,1-2H3. The molecule has 0 aromatic heterocycles. The van der Waals surface area contributed by atoms with Gasteiger partial charge in [0.15, 0.2) is 0 Å². The van der Waals surface area contributed by atoms with Crippen molar-refractivity contribution in [2.75, 3.05) is 19.7 Å². The van der Waals surface area contributed by atoms with Gasteiger partial charge in [0.05, 0.1) is 23.4 Å². The summed E-state index contributed by atoms with van der Waals surface area (Å²) >= 11 is 4.51. The largest absolute Gasteiger partial charge is 0.449 e. The van der Waals surface area contributed by atoms with Crippen molar-refractivity contribution in [1.29, 1.82) is 0 Å². The van der Waals surface area contributed by atoms with Gasteiger partial charge in [-0.15, -0.1) is 0 Å². The number of amides is 2. The lowest BCUT2D eigenvalue weighted by Crippen LogP contribution is -2.67. The molecule has 6 heteroatoms. The quantitative estimate of drug-likeness (QED) is 0.482. The summed E-state index contributed by atoms with van der Waals surface area (Å²) in [5.41, 5.74) is 0.727. The maximum Gasteiger partial charge on any atom is 0.409 e. The van der Waals surface area contributed by atoms with Crippen LogP contribution in [0.2, 0.25) is 0 Å². The van der Waals surface area contributed by atoms with Crippen LogP contribution in [-0.4, -0.2) is 46.9 Å². The van der Waals surface area contributed by atoms with E-state index in [0.29, 0.717) is 32.5 Å². The summed E-state index contributed by atoms with van der Waals surface area (Å²) < 4.78 is 5.32. The predicted molar refractivity (Wildman–Crippen MR) is 104 cm³/mol. The van der Waals surface area contributed by atoms with Gasteiger partial charge in [-0.2, -0.15) is 12.6 Å². The minimum absolute atomic E-state index is 0.0296. The molecule has 3 rings (SSSR count). The van der Waals surface area contributed by atoms with E-state index in [-0.39, 0.29) is 23.4 Å². The summed E-state index contributed by atoms with van der Waals surface area (Å²) in [6.45, 7) is 5.60. The van der Waals surface area contributed by atoms with Crippen molar-refractivity contribution in [1.82, 2.24) is 9.80 Å². The molecule has 5 nitrogen and oxygen atoms in total. The minimum atomic E-state index is -0.418. The lowest BCUT2D eigenvalue weighted by atomic mass is 9.62. The Kier molecular flexibility index (Phi) is 5.80. The van der Waals surface area contributed by atoms with Crippen molar-refractivity contribution in [2.24, 2.45) is 5.41 Å². The molecule has 0 N–H and O–H groups in total. The van der Waals surface area contributed by atoms with E-state index in [1.807, 2.05) is 30.0 Å². The van der Waals surface area contributed by atoms with Crippen molar-refractivity contribution < 1.29 is 14.3 Å². The maximum atomic E-state index is 13.0. The van der Waals surface area contributed by atoms with E-state index in [1.54, 1.807) is 4.90 Å². The molecule has 2 fully saturated rings. The lowest BCUT2D eigenvalue weighted by molar-refractivity contribution is -0.181. The number of piperidine rings is 1. The van der Waals surface area contributed by atoms with Crippen LogP contribution in [-0.2, 0) is 9.53 Å². The van der Waals surface area contributed by atoms with Gasteiger partial charge in [0.2, 0.25) is 5.91 Å². The molecule has 1 spiro atoms. The van der Waals surface area contributed by atoms with Crippen LogP contribution in [0.25, 0.3) is 0 Å². The Morgan fingerprint density at radius 2 is 1.96 bits per heavy atom. The molecule has 2 aliphatic rings. The Bertz CT molecular complexity index is 642. The predicted octanol–water partition coefficient (Wildman–Crippen LogP) is 3.86. The van der Waals surface area contributed by atoms with E-state index in [1.165, 1.54) is 0 Å². The molecule has 142 valence electrons. The Morgan fingerprint density at radius 1 is 1.31 bits per heavy atom. The van der Waals surface area contributed by atoms with E-state index < -0.39 is 5.41 Å². The van der Waals surface area contributed by atoms with Gasteiger partial charge < -0.3 is 14.5 Å².